The monoisotopic (exact) mass is 323 g/mol. The molecule has 2 aromatic rings. The summed E-state index contributed by atoms with van der Waals surface area (Å²) in [5, 5.41) is 25.0. The van der Waals surface area contributed by atoms with Gasteiger partial charge in [0.05, 0.1) is 4.92 Å². The van der Waals surface area contributed by atoms with Gasteiger partial charge in [0.15, 0.2) is 0 Å². The number of aromatic nitrogens is 1. The van der Waals surface area contributed by atoms with E-state index in [9.17, 15) is 14.9 Å². The molecule has 8 heteroatoms. The highest BCUT2D eigenvalue weighted by Crippen LogP contribution is 2.17. The summed E-state index contributed by atoms with van der Waals surface area (Å²) in [5.41, 5.74) is 0.666. The molecule has 120 valence electrons. The van der Waals surface area contributed by atoms with Crippen LogP contribution in [0.25, 0.3) is 0 Å². The van der Waals surface area contributed by atoms with Crippen LogP contribution in [0.3, 0.4) is 0 Å². The molecule has 2 rings (SSSR count). The number of non-ortho nitro benzene ring substituents is 1. The Kier molecular flexibility index (Phi) is 5.20. The van der Waals surface area contributed by atoms with Crippen molar-refractivity contribution in [1.82, 2.24) is 4.98 Å². The van der Waals surface area contributed by atoms with Crippen molar-refractivity contribution in [2.75, 3.05) is 10.6 Å². The average molecular weight is 323 g/mol. The molecule has 0 bridgehead atoms. The third-order valence-corrected chi connectivity index (χ3v) is 2.93. The van der Waals surface area contributed by atoms with Crippen LogP contribution in [0, 0.1) is 28.4 Å². The van der Waals surface area contributed by atoms with Gasteiger partial charge in [-0.3, -0.25) is 14.9 Å². The number of carbonyl (C=O) groups is 1. The number of hydrogen-bond donors (Lipinski definition) is 2. The van der Waals surface area contributed by atoms with Gasteiger partial charge in [0.2, 0.25) is 0 Å². The number of rotatable bonds is 5. The number of hydrogen-bond acceptors (Lipinski definition) is 6. The van der Waals surface area contributed by atoms with Crippen LogP contribution in [0.1, 0.15) is 5.69 Å². The van der Waals surface area contributed by atoms with Gasteiger partial charge in [0.1, 0.15) is 17.5 Å². The maximum absolute atomic E-state index is 12.1. The fraction of sp³-hybridized carbons (Fsp3) is 0.0625. The lowest BCUT2D eigenvalue weighted by Crippen LogP contribution is -2.14. The third kappa shape index (κ3) is 4.38. The first-order valence-electron chi connectivity index (χ1n) is 6.86. The number of nitriles is 1. The summed E-state index contributed by atoms with van der Waals surface area (Å²) in [6, 6.07) is 12.5. The summed E-state index contributed by atoms with van der Waals surface area (Å²) in [5.74, 6) is -0.191. The van der Waals surface area contributed by atoms with E-state index in [-0.39, 0.29) is 16.9 Å². The van der Waals surface area contributed by atoms with Crippen molar-refractivity contribution in [3.63, 3.8) is 0 Å². The lowest BCUT2D eigenvalue weighted by atomic mass is 10.2. The van der Waals surface area contributed by atoms with Crippen LogP contribution in [0.4, 0.5) is 17.2 Å². The maximum atomic E-state index is 12.1. The molecule has 0 aliphatic heterocycles. The predicted octanol–water partition coefficient (Wildman–Crippen LogP) is 2.76. The van der Waals surface area contributed by atoms with E-state index in [0.717, 1.165) is 5.69 Å². The molecule has 0 unspecified atom stereocenters. The van der Waals surface area contributed by atoms with E-state index in [1.807, 2.05) is 13.0 Å². The molecular formula is C16H13N5O3. The Morgan fingerprint density at radius 1 is 1.33 bits per heavy atom. The summed E-state index contributed by atoms with van der Waals surface area (Å²) in [6.07, 6.45) is 1.23. The molecule has 0 spiro atoms. The maximum Gasteiger partial charge on any atom is 0.271 e. The Morgan fingerprint density at radius 3 is 2.75 bits per heavy atom. The number of carbonyl (C=O) groups excluding carboxylic acids is 1. The summed E-state index contributed by atoms with van der Waals surface area (Å²) >= 11 is 0. The molecule has 0 aliphatic rings. The van der Waals surface area contributed by atoms with E-state index in [4.69, 9.17) is 5.26 Å². The number of nitro groups is 1. The predicted molar refractivity (Wildman–Crippen MR) is 88.0 cm³/mol. The number of amides is 1. The number of aryl methyl sites for hydroxylation is 1. The third-order valence-electron chi connectivity index (χ3n) is 2.93. The van der Waals surface area contributed by atoms with E-state index in [1.165, 1.54) is 30.5 Å². The number of nitro benzene ring substituents is 1. The van der Waals surface area contributed by atoms with Crippen LogP contribution in [-0.2, 0) is 4.79 Å². The SMILES string of the molecule is Cc1cccc(N/C=C(/C#N)C(=O)Nc2cccc([N+](=O)[O-])c2)n1. The first kappa shape index (κ1) is 16.6. The summed E-state index contributed by atoms with van der Waals surface area (Å²) < 4.78 is 0. The van der Waals surface area contributed by atoms with Crippen LogP contribution < -0.4 is 10.6 Å². The number of pyridine rings is 1. The molecule has 1 amide bonds. The standard InChI is InChI=1S/C16H13N5O3/c1-11-4-2-7-15(19-11)18-10-12(9-17)16(22)20-13-5-3-6-14(8-13)21(23)24/h2-8,10H,1H3,(H,18,19)(H,20,22)/b12-10-. The van der Waals surface area contributed by atoms with Crippen LogP contribution in [0.2, 0.25) is 0 Å². The first-order valence-corrected chi connectivity index (χ1v) is 6.86. The zero-order chi connectivity index (χ0) is 17.5. The highest BCUT2D eigenvalue weighted by Gasteiger charge is 2.12. The second kappa shape index (κ2) is 7.51. The van der Waals surface area contributed by atoms with Gasteiger partial charge < -0.3 is 10.6 Å². The Hall–Kier alpha value is -3.73. The molecule has 1 heterocycles. The zero-order valence-electron chi connectivity index (χ0n) is 12.7. The van der Waals surface area contributed by atoms with Gasteiger partial charge in [-0.1, -0.05) is 12.1 Å². The molecule has 0 saturated heterocycles. The van der Waals surface area contributed by atoms with Gasteiger partial charge in [-0.2, -0.15) is 5.26 Å². The van der Waals surface area contributed by atoms with Gasteiger partial charge >= 0.3 is 0 Å². The summed E-state index contributed by atoms with van der Waals surface area (Å²) in [4.78, 5) is 26.4. The fourth-order valence-corrected chi connectivity index (χ4v) is 1.81. The second-order valence-corrected chi connectivity index (χ2v) is 4.74. The number of anilines is 2. The molecule has 2 N–H and O–H groups in total. The fourth-order valence-electron chi connectivity index (χ4n) is 1.81. The molecule has 24 heavy (non-hydrogen) atoms. The Balaban J connectivity index is 2.11. The van der Waals surface area contributed by atoms with Crippen LogP contribution in [-0.4, -0.2) is 15.8 Å². The Labute approximate surface area is 137 Å². The van der Waals surface area contributed by atoms with Gasteiger partial charge in [0, 0.05) is 29.7 Å². The summed E-state index contributed by atoms with van der Waals surface area (Å²) in [6.45, 7) is 1.81. The normalized spacial score (nSPS) is 10.6. The Morgan fingerprint density at radius 2 is 2.08 bits per heavy atom. The smallest absolute Gasteiger partial charge is 0.271 e. The lowest BCUT2D eigenvalue weighted by Gasteiger charge is -2.05. The second-order valence-electron chi connectivity index (χ2n) is 4.74. The molecule has 0 radical (unpaired) electrons. The lowest BCUT2D eigenvalue weighted by molar-refractivity contribution is -0.384. The van der Waals surface area contributed by atoms with Crippen LogP contribution >= 0.6 is 0 Å². The highest BCUT2D eigenvalue weighted by molar-refractivity contribution is 6.06. The molecule has 0 aliphatic carbocycles. The van der Waals surface area contributed by atoms with Gasteiger partial charge in [0.25, 0.3) is 11.6 Å². The van der Waals surface area contributed by atoms with E-state index >= 15 is 0 Å². The molecule has 0 saturated carbocycles. The Bertz CT molecular complexity index is 855. The van der Waals surface area contributed by atoms with Crippen LogP contribution in [0.15, 0.2) is 54.2 Å². The van der Waals surface area contributed by atoms with Crippen molar-refractivity contribution in [3.05, 3.63) is 70.0 Å². The minimum absolute atomic E-state index is 0.155. The van der Waals surface area contributed by atoms with Crippen molar-refractivity contribution in [1.29, 1.82) is 5.26 Å². The molecular weight excluding hydrogens is 310 g/mol. The zero-order valence-corrected chi connectivity index (χ0v) is 12.7. The van der Waals surface area contributed by atoms with Gasteiger partial charge in [-0.15, -0.1) is 0 Å². The molecule has 1 aromatic heterocycles. The number of benzene rings is 1. The summed E-state index contributed by atoms with van der Waals surface area (Å²) in [7, 11) is 0. The average Bonchev–Trinajstić information content (AvgIpc) is 2.55. The van der Waals surface area contributed by atoms with Crippen molar-refractivity contribution >= 4 is 23.1 Å². The highest BCUT2D eigenvalue weighted by atomic mass is 16.6. The van der Waals surface area contributed by atoms with Crippen LogP contribution in [0.5, 0.6) is 0 Å². The number of nitrogens with one attached hydrogen (secondary N) is 2. The van der Waals surface area contributed by atoms with Crippen molar-refractivity contribution < 1.29 is 9.72 Å². The molecule has 1 aromatic carbocycles. The minimum Gasteiger partial charge on any atom is -0.345 e. The quantitative estimate of drug-likeness (QED) is 0.378. The molecule has 0 atom stereocenters. The number of nitrogens with zero attached hydrogens (tertiary/aromatic N) is 3. The van der Waals surface area contributed by atoms with Gasteiger partial charge in [-0.05, 0) is 25.1 Å². The van der Waals surface area contributed by atoms with Crippen molar-refractivity contribution in [2.24, 2.45) is 0 Å². The van der Waals surface area contributed by atoms with Crippen molar-refractivity contribution in [3.8, 4) is 6.07 Å². The largest absolute Gasteiger partial charge is 0.345 e. The first-order chi connectivity index (χ1) is 11.5. The van der Waals surface area contributed by atoms with E-state index in [0.29, 0.717) is 5.82 Å². The molecule has 8 nitrogen and oxygen atoms in total. The minimum atomic E-state index is -0.682. The van der Waals surface area contributed by atoms with E-state index < -0.39 is 10.8 Å². The van der Waals surface area contributed by atoms with Gasteiger partial charge in [-0.25, -0.2) is 4.98 Å². The van der Waals surface area contributed by atoms with Crippen molar-refractivity contribution in [2.45, 2.75) is 6.92 Å². The van der Waals surface area contributed by atoms with E-state index in [1.54, 1.807) is 18.2 Å². The topological polar surface area (TPSA) is 121 Å². The van der Waals surface area contributed by atoms with E-state index in [2.05, 4.69) is 15.6 Å². The molecule has 0 fully saturated rings.